The summed E-state index contributed by atoms with van der Waals surface area (Å²) in [5.74, 6) is -0.531. The lowest BCUT2D eigenvalue weighted by molar-refractivity contribution is -0.123. The summed E-state index contributed by atoms with van der Waals surface area (Å²) in [6.07, 6.45) is 1.33. The number of halogens is 2. The molecule has 0 aliphatic carbocycles. The second kappa shape index (κ2) is 9.39. The van der Waals surface area contributed by atoms with Crippen LogP contribution in [0.1, 0.15) is 27.7 Å². The third-order valence-corrected chi connectivity index (χ3v) is 5.75. The van der Waals surface area contributed by atoms with Gasteiger partial charge in [0, 0.05) is 16.6 Å². The number of benzene rings is 1. The average molecular weight is 454 g/mol. The maximum Gasteiger partial charge on any atom is 0.348 e. The summed E-state index contributed by atoms with van der Waals surface area (Å²) >= 11 is 13.2. The summed E-state index contributed by atoms with van der Waals surface area (Å²) in [4.78, 5) is 33.6. The minimum absolute atomic E-state index is 0.235. The Labute approximate surface area is 181 Å². The standard InChI is InChI=1S/C19H17Cl2N3O4S/c1-3-27-19(26)16-10(2)15-17(23-9-24-18(15)29-16)28-8-14(25)22-7-11-4-5-12(20)6-13(11)21/h4-6,9H,3,7-8H2,1-2H3,(H,22,25). The zero-order valence-corrected chi connectivity index (χ0v) is 18.0. The second-order valence-electron chi connectivity index (χ2n) is 5.94. The van der Waals surface area contributed by atoms with E-state index in [1.807, 2.05) is 0 Å². The highest BCUT2D eigenvalue weighted by molar-refractivity contribution is 7.20. The molecule has 10 heteroatoms. The Kier molecular flexibility index (Phi) is 6.89. The molecular weight excluding hydrogens is 437 g/mol. The monoisotopic (exact) mass is 453 g/mol. The molecule has 2 aromatic heterocycles. The molecule has 0 spiro atoms. The molecule has 152 valence electrons. The predicted octanol–water partition coefficient (Wildman–Crippen LogP) is 4.18. The Balaban J connectivity index is 1.68. The number of nitrogens with zero attached hydrogens (tertiary/aromatic N) is 2. The first-order valence-electron chi connectivity index (χ1n) is 8.65. The van der Waals surface area contributed by atoms with E-state index in [0.29, 0.717) is 30.7 Å². The van der Waals surface area contributed by atoms with Crippen LogP contribution in [0.5, 0.6) is 5.88 Å². The van der Waals surface area contributed by atoms with E-state index in [4.69, 9.17) is 32.7 Å². The van der Waals surface area contributed by atoms with Gasteiger partial charge in [0.25, 0.3) is 5.91 Å². The fraction of sp³-hybridized carbons (Fsp3) is 0.263. The zero-order chi connectivity index (χ0) is 21.0. The molecule has 2 heterocycles. The number of esters is 1. The molecule has 0 radical (unpaired) electrons. The smallest absolute Gasteiger partial charge is 0.348 e. The number of carbonyl (C=O) groups is 2. The summed E-state index contributed by atoms with van der Waals surface area (Å²) in [5, 5.41) is 4.31. The van der Waals surface area contributed by atoms with Gasteiger partial charge in [0.2, 0.25) is 5.88 Å². The summed E-state index contributed by atoms with van der Waals surface area (Å²) in [7, 11) is 0. The van der Waals surface area contributed by atoms with E-state index in [9.17, 15) is 9.59 Å². The van der Waals surface area contributed by atoms with Gasteiger partial charge in [-0.2, -0.15) is 0 Å². The van der Waals surface area contributed by atoms with Crippen LogP contribution in [0.3, 0.4) is 0 Å². The van der Waals surface area contributed by atoms with Crippen LogP contribution in [0.25, 0.3) is 10.2 Å². The highest BCUT2D eigenvalue weighted by atomic mass is 35.5. The van der Waals surface area contributed by atoms with Crippen molar-refractivity contribution in [3.63, 3.8) is 0 Å². The van der Waals surface area contributed by atoms with Crippen molar-refractivity contribution in [2.45, 2.75) is 20.4 Å². The first kappa shape index (κ1) is 21.3. The van der Waals surface area contributed by atoms with Crippen LogP contribution >= 0.6 is 34.5 Å². The summed E-state index contributed by atoms with van der Waals surface area (Å²) in [5.41, 5.74) is 1.40. The molecule has 3 aromatic rings. The van der Waals surface area contributed by atoms with Crippen LogP contribution in [0.2, 0.25) is 10.0 Å². The lowest BCUT2D eigenvalue weighted by Gasteiger charge is -2.09. The number of fused-ring (bicyclic) bond motifs is 1. The van der Waals surface area contributed by atoms with Crippen molar-refractivity contribution in [1.82, 2.24) is 15.3 Å². The van der Waals surface area contributed by atoms with Gasteiger partial charge in [0.1, 0.15) is 16.0 Å². The van der Waals surface area contributed by atoms with Crippen molar-refractivity contribution in [2.24, 2.45) is 0 Å². The topological polar surface area (TPSA) is 90.4 Å². The number of nitrogens with one attached hydrogen (secondary N) is 1. The van der Waals surface area contributed by atoms with E-state index in [0.717, 1.165) is 5.56 Å². The molecule has 0 unspecified atom stereocenters. The second-order valence-corrected chi connectivity index (χ2v) is 7.78. The first-order valence-corrected chi connectivity index (χ1v) is 10.2. The number of aryl methyl sites for hydroxylation is 1. The molecule has 0 aliphatic heterocycles. The average Bonchev–Trinajstić information content (AvgIpc) is 3.03. The zero-order valence-electron chi connectivity index (χ0n) is 15.6. The number of ether oxygens (including phenoxy) is 2. The third kappa shape index (κ3) is 4.95. The molecule has 7 nitrogen and oxygen atoms in total. The quantitative estimate of drug-likeness (QED) is 0.539. The molecule has 3 rings (SSSR count). The van der Waals surface area contributed by atoms with Gasteiger partial charge in [-0.3, -0.25) is 4.79 Å². The van der Waals surface area contributed by atoms with Gasteiger partial charge in [-0.05, 0) is 37.1 Å². The lowest BCUT2D eigenvalue weighted by atomic mass is 10.2. The maximum atomic E-state index is 12.2. The normalized spacial score (nSPS) is 10.8. The third-order valence-electron chi connectivity index (χ3n) is 3.98. The van der Waals surface area contributed by atoms with E-state index < -0.39 is 5.97 Å². The van der Waals surface area contributed by atoms with Crippen molar-refractivity contribution in [1.29, 1.82) is 0 Å². The summed E-state index contributed by atoms with van der Waals surface area (Å²) < 4.78 is 10.7. The van der Waals surface area contributed by atoms with Crippen LogP contribution in [-0.2, 0) is 16.1 Å². The van der Waals surface area contributed by atoms with Gasteiger partial charge in [-0.25, -0.2) is 14.8 Å². The number of thiophene rings is 1. The van der Waals surface area contributed by atoms with E-state index >= 15 is 0 Å². The van der Waals surface area contributed by atoms with Gasteiger partial charge in [0.05, 0.1) is 12.0 Å². The van der Waals surface area contributed by atoms with Crippen molar-refractivity contribution < 1.29 is 19.1 Å². The molecule has 1 N–H and O–H groups in total. The Hall–Kier alpha value is -2.42. The Morgan fingerprint density at radius 1 is 1.24 bits per heavy atom. The minimum Gasteiger partial charge on any atom is -0.467 e. The molecule has 1 amide bonds. The Bertz CT molecular complexity index is 1070. The van der Waals surface area contributed by atoms with Crippen molar-refractivity contribution in [3.8, 4) is 5.88 Å². The molecule has 0 saturated carbocycles. The summed E-state index contributed by atoms with van der Waals surface area (Å²) in [6.45, 7) is 3.78. The number of hydrogen-bond acceptors (Lipinski definition) is 7. The van der Waals surface area contributed by atoms with E-state index in [2.05, 4.69) is 15.3 Å². The summed E-state index contributed by atoms with van der Waals surface area (Å²) in [6, 6.07) is 5.05. The maximum absolute atomic E-state index is 12.2. The van der Waals surface area contributed by atoms with Crippen LogP contribution in [0.4, 0.5) is 0 Å². The number of rotatable bonds is 7. The molecule has 0 bridgehead atoms. The van der Waals surface area contributed by atoms with Crippen LogP contribution in [-0.4, -0.2) is 35.1 Å². The molecule has 0 fully saturated rings. The van der Waals surface area contributed by atoms with Crippen molar-refractivity contribution in [2.75, 3.05) is 13.2 Å². The molecule has 0 atom stereocenters. The van der Waals surface area contributed by atoms with Gasteiger partial charge in [-0.1, -0.05) is 29.3 Å². The minimum atomic E-state index is -0.420. The number of carbonyl (C=O) groups excluding carboxylic acids is 2. The molecule has 29 heavy (non-hydrogen) atoms. The number of hydrogen-bond donors (Lipinski definition) is 1. The Morgan fingerprint density at radius 2 is 2.03 bits per heavy atom. The van der Waals surface area contributed by atoms with Gasteiger partial charge < -0.3 is 14.8 Å². The molecule has 0 aliphatic rings. The highest BCUT2D eigenvalue weighted by Gasteiger charge is 2.21. The van der Waals surface area contributed by atoms with Crippen molar-refractivity contribution >= 4 is 56.6 Å². The molecule has 0 saturated heterocycles. The first-order chi connectivity index (χ1) is 13.9. The predicted molar refractivity (Wildman–Crippen MR) is 112 cm³/mol. The van der Waals surface area contributed by atoms with Gasteiger partial charge in [-0.15, -0.1) is 11.3 Å². The lowest BCUT2D eigenvalue weighted by Crippen LogP contribution is -2.28. The van der Waals surface area contributed by atoms with Gasteiger partial charge in [0.15, 0.2) is 6.61 Å². The van der Waals surface area contributed by atoms with Crippen LogP contribution in [0.15, 0.2) is 24.5 Å². The molecule has 1 aromatic carbocycles. The van der Waals surface area contributed by atoms with Crippen molar-refractivity contribution in [3.05, 3.63) is 50.6 Å². The Morgan fingerprint density at radius 3 is 2.76 bits per heavy atom. The van der Waals surface area contributed by atoms with E-state index in [1.54, 1.807) is 32.0 Å². The van der Waals surface area contributed by atoms with E-state index in [-0.39, 0.29) is 31.5 Å². The number of amides is 1. The van der Waals surface area contributed by atoms with E-state index in [1.165, 1.54) is 17.7 Å². The SMILES string of the molecule is CCOC(=O)c1sc2ncnc(OCC(=O)NCc3ccc(Cl)cc3Cl)c2c1C. The largest absolute Gasteiger partial charge is 0.467 e. The highest BCUT2D eigenvalue weighted by Crippen LogP contribution is 2.34. The van der Waals surface area contributed by atoms with Crippen LogP contribution in [0, 0.1) is 6.92 Å². The number of aromatic nitrogens is 2. The molecular formula is C19H17Cl2N3O4S. The fourth-order valence-electron chi connectivity index (χ4n) is 2.58. The van der Waals surface area contributed by atoms with Crippen LogP contribution < -0.4 is 10.1 Å². The fourth-order valence-corrected chi connectivity index (χ4v) is 4.09. The van der Waals surface area contributed by atoms with Gasteiger partial charge >= 0.3 is 5.97 Å².